The minimum absolute atomic E-state index is 0.0330. The van der Waals surface area contributed by atoms with Gasteiger partial charge in [-0.25, -0.2) is 0 Å². The quantitative estimate of drug-likeness (QED) is 0.161. The molecule has 232 valence electrons. The van der Waals surface area contributed by atoms with Gasteiger partial charge in [0.05, 0.1) is 12.7 Å². The van der Waals surface area contributed by atoms with Crippen LogP contribution >= 0.6 is 11.6 Å². The molecular formula is C37H55ClN2O2. The van der Waals surface area contributed by atoms with E-state index in [1.807, 2.05) is 46.0 Å². The van der Waals surface area contributed by atoms with Crippen molar-refractivity contribution in [2.75, 3.05) is 33.3 Å². The summed E-state index contributed by atoms with van der Waals surface area (Å²) in [4.78, 5) is 0. The Labute approximate surface area is 261 Å². The molecule has 3 N–H and O–H groups in total. The van der Waals surface area contributed by atoms with Gasteiger partial charge in [0, 0.05) is 35.9 Å². The molecule has 2 aromatic carbocycles. The zero-order valence-corrected chi connectivity index (χ0v) is 27.6. The van der Waals surface area contributed by atoms with Crippen molar-refractivity contribution in [1.29, 1.82) is 0 Å². The van der Waals surface area contributed by atoms with Gasteiger partial charge in [0.15, 0.2) is 0 Å². The van der Waals surface area contributed by atoms with Gasteiger partial charge in [-0.15, -0.1) is 6.58 Å². The third kappa shape index (κ3) is 9.84. The number of halogens is 1. The molecule has 1 aliphatic rings. The van der Waals surface area contributed by atoms with Crippen LogP contribution in [0.4, 0.5) is 0 Å². The fourth-order valence-corrected chi connectivity index (χ4v) is 6.18. The van der Waals surface area contributed by atoms with E-state index >= 15 is 0 Å². The van der Waals surface area contributed by atoms with E-state index in [1.54, 1.807) is 0 Å². The standard InChI is InChI=1S/C35H49ClN2O2.C2H6/c1-7-12-25-19-28(36)15-16-31(25)27-21-38-22-33(30(9-3)34(39)13-10-11-18-37-6)32-20-26(29(8-2)24(4)5)14-17-35(32)40-23-27;1-2/h8,10,13-17,19-20,27,29-30,33-34,37-39H,2,4,7,9,11-12,18,21-23H2,1,3,5-6H3;1-2H3/b13-10+;. The van der Waals surface area contributed by atoms with E-state index in [2.05, 4.69) is 74.0 Å². The number of hydrogen-bond donors (Lipinski definition) is 3. The molecule has 0 saturated carbocycles. The summed E-state index contributed by atoms with van der Waals surface area (Å²) >= 11 is 6.38. The zero-order valence-electron chi connectivity index (χ0n) is 26.9. The van der Waals surface area contributed by atoms with Crippen molar-refractivity contribution in [3.63, 3.8) is 0 Å². The lowest BCUT2D eigenvalue weighted by Crippen LogP contribution is -2.34. The molecule has 1 aliphatic heterocycles. The van der Waals surface area contributed by atoms with Gasteiger partial charge in [0.25, 0.3) is 0 Å². The molecule has 0 amide bonds. The first kappa shape index (κ1) is 35.8. The van der Waals surface area contributed by atoms with Crippen molar-refractivity contribution >= 4 is 11.6 Å². The molecule has 5 atom stereocenters. The van der Waals surface area contributed by atoms with Gasteiger partial charge in [0.1, 0.15) is 5.75 Å². The second-order valence-electron chi connectivity index (χ2n) is 11.1. The van der Waals surface area contributed by atoms with E-state index in [1.165, 1.54) is 11.1 Å². The highest BCUT2D eigenvalue weighted by atomic mass is 35.5. The number of aliphatic hydroxyl groups excluding tert-OH is 1. The van der Waals surface area contributed by atoms with Gasteiger partial charge in [-0.3, -0.25) is 0 Å². The Bertz CT molecular complexity index is 1140. The van der Waals surface area contributed by atoms with Crippen molar-refractivity contribution in [3.05, 3.63) is 101 Å². The Balaban J connectivity index is 0.00000301. The number of rotatable bonds is 13. The number of benzene rings is 2. The van der Waals surface area contributed by atoms with E-state index in [4.69, 9.17) is 16.3 Å². The van der Waals surface area contributed by atoms with Gasteiger partial charge in [0.2, 0.25) is 0 Å². The molecule has 1 heterocycles. The third-order valence-corrected chi connectivity index (χ3v) is 8.37. The minimum atomic E-state index is -0.550. The van der Waals surface area contributed by atoms with Crippen molar-refractivity contribution in [2.45, 2.75) is 84.2 Å². The first-order valence-corrected chi connectivity index (χ1v) is 16.2. The van der Waals surface area contributed by atoms with Crippen LogP contribution in [0.25, 0.3) is 0 Å². The molecule has 42 heavy (non-hydrogen) atoms. The lowest BCUT2D eigenvalue weighted by molar-refractivity contribution is 0.129. The van der Waals surface area contributed by atoms with E-state index in [0.717, 1.165) is 72.8 Å². The van der Waals surface area contributed by atoms with Crippen molar-refractivity contribution in [3.8, 4) is 5.75 Å². The zero-order chi connectivity index (χ0) is 31.1. The second kappa shape index (κ2) is 19.0. The predicted octanol–water partition coefficient (Wildman–Crippen LogP) is 8.57. The van der Waals surface area contributed by atoms with Crippen LogP contribution in [0.15, 0.2) is 73.4 Å². The molecule has 5 heteroatoms. The molecule has 4 nitrogen and oxygen atoms in total. The van der Waals surface area contributed by atoms with Crippen molar-refractivity contribution in [1.82, 2.24) is 10.6 Å². The Morgan fingerprint density at radius 2 is 1.93 bits per heavy atom. The van der Waals surface area contributed by atoms with Gasteiger partial charge in [-0.1, -0.05) is 94.3 Å². The average Bonchev–Trinajstić information content (AvgIpc) is 3.07. The first-order chi connectivity index (χ1) is 20.3. The van der Waals surface area contributed by atoms with Crippen LogP contribution in [0, 0.1) is 5.92 Å². The Kier molecular flexibility index (Phi) is 16.2. The summed E-state index contributed by atoms with van der Waals surface area (Å²) in [6.07, 6.45) is 9.24. The fourth-order valence-electron chi connectivity index (χ4n) is 5.99. The maximum absolute atomic E-state index is 11.4. The maximum Gasteiger partial charge on any atom is 0.122 e. The molecule has 5 unspecified atom stereocenters. The van der Waals surface area contributed by atoms with Gasteiger partial charge >= 0.3 is 0 Å². The molecule has 2 aromatic rings. The summed E-state index contributed by atoms with van der Waals surface area (Å²) in [5.41, 5.74) is 5.93. The number of aliphatic hydroxyl groups is 1. The summed E-state index contributed by atoms with van der Waals surface area (Å²) < 4.78 is 6.66. The molecule has 3 rings (SSSR count). The maximum atomic E-state index is 11.4. The Morgan fingerprint density at radius 1 is 1.17 bits per heavy atom. The van der Waals surface area contributed by atoms with Crippen molar-refractivity contribution in [2.24, 2.45) is 5.92 Å². The summed E-state index contributed by atoms with van der Waals surface area (Å²) in [7, 11) is 1.95. The molecule has 0 aliphatic carbocycles. The number of aryl methyl sites for hydroxylation is 1. The van der Waals surface area contributed by atoms with Crippen LogP contribution in [-0.2, 0) is 6.42 Å². The summed E-state index contributed by atoms with van der Waals surface area (Å²) in [6.45, 7) is 21.7. The number of hydrogen-bond acceptors (Lipinski definition) is 4. The molecule has 0 spiro atoms. The minimum Gasteiger partial charge on any atom is -0.493 e. The smallest absolute Gasteiger partial charge is 0.122 e. The number of allylic oxidation sites excluding steroid dienone is 2. The highest BCUT2D eigenvalue weighted by Gasteiger charge is 2.31. The summed E-state index contributed by atoms with van der Waals surface area (Å²) in [6, 6.07) is 12.8. The normalized spacial score (nSPS) is 19.1. The molecule has 0 fully saturated rings. The molecule has 0 bridgehead atoms. The SMILES string of the molecule is C=CC(C(=C)C)c1ccc2c(c1)C(C(CC)C(O)/C=C/CCNC)CNCC(c1ccc(Cl)cc1CCC)CO2.CC. The van der Waals surface area contributed by atoms with E-state index in [9.17, 15) is 5.11 Å². The van der Waals surface area contributed by atoms with E-state index in [-0.39, 0.29) is 23.7 Å². The molecule has 0 saturated heterocycles. The van der Waals surface area contributed by atoms with E-state index < -0.39 is 6.10 Å². The van der Waals surface area contributed by atoms with E-state index in [0.29, 0.717) is 6.61 Å². The number of nitrogens with one attached hydrogen (secondary N) is 2. The second-order valence-corrected chi connectivity index (χ2v) is 11.5. The van der Waals surface area contributed by atoms with Gasteiger partial charge in [-0.05, 0) is 86.1 Å². The fraction of sp³-hybridized carbons (Fsp3) is 0.514. The average molecular weight is 595 g/mol. The topological polar surface area (TPSA) is 53.5 Å². The highest BCUT2D eigenvalue weighted by Crippen LogP contribution is 2.40. The Hall–Kier alpha value is -2.37. The van der Waals surface area contributed by atoms with Crippen LogP contribution in [0.3, 0.4) is 0 Å². The van der Waals surface area contributed by atoms with Crippen molar-refractivity contribution < 1.29 is 9.84 Å². The largest absolute Gasteiger partial charge is 0.493 e. The van der Waals surface area contributed by atoms with Gasteiger partial charge < -0.3 is 20.5 Å². The molecule has 0 aromatic heterocycles. The lowest BCUT2D eigenvalue weighted by atomic mass is 9.78. The molecule has 0 radical (unpaired) electrons. The first-order valence-electron chi connectivity index (χ1n) is 15.9. The summed E-state index contributed by atoms with van der Waals surface area (Å²) in [5, 5.41) is 19.1. The number of fused-ring (bicyclic) bond motifs is 1. The third-order valence-electron chi connectivity index (χ3n) is 8.14. The number of ether oxygens (including phenoxy) is 1. The van der Waals surface area contributed by atoms with Crippen LogP contribution in [0.1, 0.15) is 93.9 Å². The van der Waals surface area contributed by atoms with Crippen LogP contribution in [-0.4, -0.2) is 44.5 Å². The lowest BCUT2D eigenvalue weighted by Gasteiger charge is -2.31. The predicted molar refractivity (Wildman–Crippen MR) is 182 cm³/mol. The monoisotopic (exact) mass is 594 g/mol. The molecular weight excluding hydrogens is 540 g/mol. The Morgan fingerprint density at radius 3 is 2.57 bits per heavy atom. The summed E-state index contributed by atoms with van der Waals surface area (Å²) in [5.74, 6) is 1.25. The van der Waals surface area contributed by atoms with Crippen LogP contribution in [0.5, 0.6) is 5.75 Å². The van der Waals surface area contributed by atoms with Crippen LogP contribution in [0.2, 0.25) is 5.02 Å². The highest BCUT2D eigenvalue weighted by molar-refractivity contribution is 6.30. The van der Waals surface area contributed by atoms with Crippen LogP contribution < -0.4 is 15.4 Å². The van der Waals surface area contributed by atoms with Gasteiger partial charge in [-0.2, -0.15) is 0 Å².